The van der Waals surface area contributed by atoms with Gasteiger partial charge in [-0.05, 0) is 33.6 Å². The Morgan fingerprint density at radius 1 is 1.47 bits per heavy atom. The Morgan fingerprint density at radius 2 is 2.12 bits per heavy atom. The molecule has 4 N–H and O–H groups in total. The molecule has 0 saturated heterocycles. The molecule has 0 aliphatic heterocycles. The molecule has 0 aromatic heterocycles. The Morgan fingerprint density at radius 3 is 2.65 bits per heavy atom. The van der Waals surface area contributed by atoms with Crippen molar-refractivity contribution in [2.45, 2.75) is 51.7 Å². The molecule has 1 aliphatic carbocycles. The molecule has 0 unspecified atom stereocenters. The standard InChI is InChI=1S/C11H21N3O3/c1-11(2,3)17-10(15)13-8-6-4-5-7(8)9(12)14-16/h7-8,16H,4-6H2,1-3H3,(H2,12,14)(H,13,15)/t7-,8-/m1/s1. The van der Waals surface area contributed by atoms with Gasteiger partial charge in [0.25, 0.3) is 0 Å². The second-order valence-corrected chi connectivity index (χ2v) is 5.31. The summed E-state index contributed by atoms with van der Waals surface area (Å²) < 4.78 is 5.17. The summed E-state index contributed by atoms with van der Waals surface area (Å²) in [5.74, 6) is 0.0658. The van der Waals surface area contributed by atoms with Gasteiger partial charge in [-0.25, -0.2) is 4.79 Å². The highest BCUT2D eigenvalue weighted by Crippen LogP contribution is 2.26. The third-order valence-electron chi connectivity index (χ3n) is 2.71. The monoisotopic (exact) mass is 243 g/mol. The van der Waals surface area contributed by atoms with Gasteiger partial charge in [-0.3, -0.25) is 0 Å². The van der Waals surface area contributed by atoms with Crippen LogP contribution in [0.15, 0.2) is 5.16 Å². The van der Waals surface area contributed by atoms with E-state index in [0.717, 1.165) is 19.3 Å². The van der Waals surface area contributed by atoms with Gasteiger partial charge in [0, 0.05) is 12.0 Å². The van der Waals surface area contributed by atoms with E-state index in [1.54, 1.807) is 0 Å². The quantitative estimate of drug-likeness (QED) is 0.296. The largest absolute Gasteiger partial charge is 0.444 e. The first kappa shape index (κ1) is 13.6. The van der Waals surface area contributed by atoms with Gasteiger partial charge >= 0.3 is 6.09 Å². The maximum Gasteiger partial charge on any atom is 0.407 e. The van der Waals surface area contributed by atoms with Gasteiger partial charge in [0.15, 0.2) is 0 Å². The van der Waals surface area contributed by atoms with Crippen LogP contribution in [0.3, 0.4) is 0 Å². The lowest BCUT2D eigenvalue weighted by Gasteiger charge is -2.24. The zero-order valence-corrected chi connectivity index (χ0v) is 10.6. The second kappa shape index (κ2) is 5.25. The van der Waals surface area contributed by atoms with E-state index in [-0.39, 0.29) is 17.8 Å². The van der Waals surface area contributed by atoms with Gasteiger partial charge in [-0.2, -0.15) is 0 Å². The van der Waals surface area contributed by atoms with Gasteiger partial charge < -0.3 is 21.0 Å². The van der Waals surface area contributed by atoms with Crippen molar-refractivity contribution < 1.29 is 14.7 Å². The van der Waals surface area contributed by atoms with E-state index in [9.17, 15) is 4.79 Å². The van der Waals surface area contributed by atoms with Crippen molar-refractivity contribution in [3.8, 4) is 0 Å². The first-order chi connectivity index (χ1) is 7.83. The molecule has 0 aromatic carbocycles. The molecule has 0 aromatic rings. The number of amidine groups is 1. The number of carbonyl (C=O) groups excluding carboxylic acids is 1. The van der Waals surface area contributed by atoms with Gasteiger partial charge in [0.1, 0.15) is 11.4 Å². The molecule has 1 rings (SSSR count). The Labute approximate surface area is 101 Å². The minimum absolute atomic E-state index is 0.104. The maximum absolute atomic E-state index is 11.6. The van der Waals surface area contributed by atoms with E-state index >= 15 is 0 Å². The lowest BCUT2D eigenvalue weighted by molar-refractivity contribution is 0.0499. The molecule has 0 heterocycles. The Hall–Kier alpha value is -1.46. The van der Waals surface area contributed by atoms with Gasteiger partial charge in [-0.15, -0.1) is 0 Å². The molecular weight excluding hydrogens is 222 g/mol. The van der Waals surface area contributed by atoms with Crippen LogP contribution in [0, 0.1) is 5.92 Å². The molecule has 6 nitrogen and oxygen atoms in total. The summed E-state index contributed by atoms with van der Waals surface area (Å²) in [5, 5.41) is 14.4. The van der Waals surface area contributed by atoms with Gasteiger partial charge in [0.2, 0.25) is 0 Å². The number of alkyl carbamates (subject to hydrolysis) is 1. The van der Waals surface area contributed by atoms with Crippen LogP contribution in [0.4, 0.5) is 4.79 Å². The molecule has 1 amide bonds. The number of ether oxygens (including phenoxy) is 1. The molecule has 1 fully saturated rings. The molecule has 1 saturated carbocycles. The summed E-state index contributed by atoms with van der Waals surface area (Å²) in [6, 6.07) is -0.110. The van der Waals surface area contributed by atoms with Crippen molar-refractivity contribution in [1.82, 2.24) is 5.32 Å². The van der Waals surface area contributed by atoms with Crippen LogP contribution in [-0.2, 0) is 4.74 Å². The van der Waals surface area contributed by atoms with E-state index in [1.165, 1.54) is 0 Å². The second-order valence-electron chi connectivity index (χ2n) is 5.31. The fraction of sp³-hybridized carbons (Fsp3) is 0.818. The van der Waals surface area contributed by atoms with E-state index in [1.807, 2.05) is 20.8 Å². The third-order valence-corrected chi connectivity index (χ3v) is 2.71. The Kier molecular flexibility index (Phi) is 4.20. The van der Waals surface area contributed by atoms with Crippen LogP contribution >= 0.6 is 0 Å². The average molecular weight is 243 g/mol. The molecule has 98 valence electrons. The molecule has 0 spiro atoms. The number of rotatable bonds is 2. The normalized spacial score (nSPS) is 25.7. The smallest absolute Gasteiger partial charge is 0.407 e. The summed E-state index contributed by atoms with van der Waals surface area (Å²) in [6.07, 6.45) is 2.12. The summed E-state index contributed by atoms with van der Waals surface area (Å²) in [7, 11) is 0. The van der Waals surface area contributed by atoms with Crippen LogP contribution in [0.2, 0.25) is 0 Å². The lowest BCUT2D eigenvalue weighted by atomic mass is 10.0. The highest BCUT2D eigenvalue weighted by atomic mass is 16.6. The number of nitrogens with two attached hydrogens (primary N) is 1. The first-order valence-electron chi connectivity index (χ1n) is 5.80. The highest BCUT2D eigenvalue weighted by molar-refractivity contribution is 5.84. The number of oxime groups is 1. The van der Waals surface area contributed by atoms with Gasteiger partial charge in [-0.1, -0.05) is 11.6 Å². The summed E-state index contributed by atoms with van der Waals surface area (Å²) in [5.41, 5.74) is 5.06. The zero-order valence-electron chi connectivity index (χ0n) is 10.6. The van der Waals surface area contributed by atoms with E-state index in [2.05, 4.69) is 10.5 Å². The fourth-order valence-corrected chi connectivity index (χ4v) is 2.02. The van der Waals surface area contributed by atoms with Crippen molar-refractivity contribution in [3.05, 3.63) is 0 Å². The predicted octanol–water partition coefficient (Wildman–Crippen LogP) is 1.43. The van der Waals surface area contributed by atoms with Crippen molar-refractivity contribution in [2.75, 3.05) is 0 Å². The molecular formula is C11H21N3O3. The van der Waals surface area contributed by atoms with Crippen LogP contribution < -0.4 is 11.1 Å². The van der Waals surface area contributed by atoms with Gasteiger partial charge in [0.05, 0.1) is 0 Å². The first-order valence-corrected chi connectivity index (χ1v) is 5.80. The maximum atomic E-state index is 11.6. The predicted molar refractivity (Wildman–Crippen MR) is 63.9 cm³/mol. The Balaban J connectivity index is 2.53. The molecule has 1 aliphatic rings. The van der Waals surface area contributed by atoms with E-state index in [4.69, 9.17) is 15.7 Å². The van der Waals surface area contributed by atoms with Crippen molar-refractivity contribution in [2.24, 2.45) is 16.8 Å². The van der Waals surface area contributed by atoms with Crippen molar-refractivity contribution in [3.63, 3.8) is 0 Å². The minimum atomic E-state index is -0.519. The van der Waals surface area contributed by atoms with Crippen LogP contribution in [0.1, 0.15) is 40.0 Å². The topological polar surface area (TPSA) is 96.9 Å². The Bertz CT molecular complexity index is 310. The fourth-order valence-electron chi connectivity index (χ4n) is 2.02. The lowest BCUT2D eigenvalue weighted by Crippen LogP contribution is -2.44. The van der Waals surface area contributed by atoms with Crippen molar-refractivity contribution in [1.29, 1.82) is 0 Å². The molecule has 0 radical (unpaired) electrons. The molecule has 0 bridgehead atoms. The molecule has 2 atom stereocenters. The van der Waals surface area contributed by atoms with E-state index < -0.39 is 11.7 Å². The summed E-state index contributed by atoms with van der Waals surface area (Å²) in [4.78, 5) is 11.6. The number of carbonyl (C=O) groups is 1. The highest BCUT2D eigenvalue weighted by Gasteiger charge is 2.32. The van der Waals surface area contributed by atoms with Crippen LogP contribution in [0.25, 0.3) is 0 Å². The molecule has 17 heavy (non-hydrogen) atoms. The number of nitrogens with one attached hydrogen (secondary N) is 1. The average Bonchev–Trinajstić information content (AvgIpc) is 2.61. The third kappa shape index (κ3) is 4.13. The SMILES string of the molecule is CC(C)(C)OC(=O)N[C@@H]1CCC[C@H]1/C(N)=N\O. The number of amides is 1. The number of hydrogen-bond donors (Lipinski definition) is 3. The van der Waals surface area contributed by atoms with Crippen LogP contribution in [0.5, 0.6) is 0 Å². The number of hydrogen-bond acceptors (Lipinski definition) is 4. The number of nitrogens with zero attached hydrogens (tertiary/aromatic N) is 1. The van der Waals surface area contributed by atoms with Crippen LogP contribution in [-0.4, -0.2) is 28.8 Å². The summed E-state index contributed by atoms with van der Waals surface area (Å²) >= 11 is 0. The zero-order chi connectivity index (χ0) is 13.1. The van der Waals surface area contributed by atoms with Crippen molar-refractivity contribution >= 4 is 11.9 Å². The molecule has 6 heteroatoms. The summed E-state index contributed by atoms with van der Waals surface area (Å²) in [6.45, 7) is 5.42. The minimum Gasteiger partial charge on any atom is -0.444 e. The van der Waals surface area contributed by atoms with E-state index in [0.29, 0.717) is 0 Å².